The molecule has 8 heteroatoms. The molecule has 1 N–H and O–H groups in total. The van der Waals surface area contributed by atoms with E-state index in [1.165, 1.54) is 0 Å². The summed E-state index contributed by atoms with van der Waals surface area (Å²) in [5.74, 6) is 0. The molecule has 0 amide bonds. The van der Waals surface area contributed by atoms with Gasteiger partial charge in [-0.15, -0.1) is 0 Å². The van der Waals surface area contributed by atoms with Crippen LogP contribution in [0.3, 0.4) is 0 Å². The van der Waals surface area contributed by atoms with Gasteiger partial charge in [-0.2, -0.15) is 5.26 Å². The lowest BCUT2D eigenvalue weighted by Crippen LogP contribution is -2.54. The van der Waals surface area contributed by atoms with Crippen LogP contribution in [-0.4, -0.2) is 78.0 Å². The second kappa shape index (κ2) is 11.0. The molecule has 3 aromatic rings. The number of aliphatic hydroxyl groups excluding tert-OH is 1. The van der Waals surface area contributed by atoms with Crippen LogP contribution in [0.1, 0.15) is 36.7 Å². The highest BCUT2D eigenvalue weighted by Gasteiger charge is 2.31. The summed E-state index contributed by atoms with van der Waals surface area (Å²) in [5, 5.41) is 20.1. The maximum absolute atomic E-state index is 9.59. The van der Waals surface area contributed by atoms with Crippen LogP contribution < -0.4 is 9.80 Å². The number of rotatable bonds is 6. The largest absolute Gasteiger partial charge is 0.390 e. The fourth-order valence-electron chi connectivity index (χ4n) is 5.87. The first kappa shape index (κ1) is 25.4. The van der Waals surface area contributed by atoms with Crippen molar-refractivity contribution in [3.63, 3.8) is 0 Å². The Balaban J connectivity index is 1.29. The SMILES string of the molecule is Cc1cc(N2CCCC(N(C)CC3CN(c4ccc(C#N)c5ncccc45)CC(C)O3)C2)cc(CO)n1. The second-order valence-corrected chi connectivity index (χ2v) is 10.4. The van der Waals surface area contributed by atoms with Crippen LogP contribution >= 0.6 is 0 Å². The van der Waals surface area contributed by atoms with Gasteiger partial charge in [0.05, 0.1) is 35.6 Å². The Morgan fingerprint density at radius 3 is 2.86 bits per heavy atom. The molecule has 2 fully saturated rings. The summed E-state index contributed by atoms with van der Waals surface area (Å²) in [6, 6.07) is 14.7. The van der Waals surface area contributed by atoms with Crippen molar-refractivity contribution in [1.82, 2.24) is 14.9 Å². The number of nitriles is 1. The maximum Gasteiger partial charge on any atom is 0.101 e. The Morgan fingerprint density at radius 2 is 2.05 bits per heavy atom. The highest BCUT2D eigenvalue weighted by Crippen LogP contribution is 2.31. The molecule has 0 spiro atoms. The van der Waals surface area contributed by atoms with Gasteiger partial charge in [0, 0.05) is 67.4 Å². The molecule has 1 aromatic carbocycles. The molecule has 2 aromatic heterocycles. The third-order valence-corrected chi connectivity index (χ3v) is 7.56. The number of benzene rings is 1. The second-order valence-electron chi connectivity index (χ2n) is 10.4. The number of aryl methyl sites for hydroxylation is 1. The van der Waals surface area contributed by atoms with Crippen molar-refractivity contribution >= 4 is 22.3 Å². The topological polar surface area (TPSA) is 88.8 Å². The summed E-state index contributed by atoms with van der Waals surface area (Å²) in [5.41, 5.74) is 5.28. The molecule has 0 aliphatic carbocycles. The molecule has 3 atom stereocenters. The number of piperidine rings is 1. The monoisotopic (exact) mass is 500 g/mol. The molecule has 2 saturated heterocycles. The van der Waals surface area contributed by atoms with Gasteiger partial charge < -0.3 is 19.6 Å². The van der Waals surface area contributed by atoms with Crippen LogP contribution in [-0.2, 0) is 11.3 Å². The zero-order valence-corrected chi connectivity index (χ0v) is 22.0. The van der Waals surface area contributed by atoms with Crippen LogP contribution in [0.15, 0.2) is 42.6 Å². The molecule has 0 saturated carbocycles. The molecule has 2 aliphatic heterocycles. The molecular formula is C29H36N6O2. The number of anilines is 2. The summed E-state index contributed by atoms with van der Waals surface area (Å²) in [6.45, 7) is 8.50. The Labute approximate surface area is 219 Å². The lowest BCUT2D eigenvalue weighted by Gasteiger charge is -2.43. The Hall–Kier alpha value is -3.25. The van der Waals surface area contributed by atoms with Crippen LogP contribution in [0, 0.1) is 18.3 Å². The van der Waals surface area contributed by atoms with Crippen LogP contribution in [0.5, 0.6) is 0 Å². The molecule has 194 valence electrons. The van der Waals surface area contributed by atoms with Crippen molar-refractivity contribution in [2.24, 2.45) is 0 Å². The first-order chi connectivity index (χ1) is 17.9. The van der Waals surface area contributed by atoms with E-state index in [0.717, 1.165) is 79.2 Å². The molecular weight excluding hydrogens is 464 g/mol. The summed E-state index contributed by atoms with van der Waals surface area (Å²) in [4.78, 5) is 16.2. The first-order valence-corrected chi connectivity index (χ1v) is 13.2. The fourth-order valence-corrected chi connectivity index (χ4v) is 5.87. The van der Waals surface area contributed by atoms with Gasteiger partial charge in [-0.25, -0.2) is 0 Å². The van der Waals surface area contributed by atoms with Gasteiger partial charge in [0.2, 0.25) is 0 Å². The summed E-state index contributed by atoms with van der Waals surface area (Å²) >= 11 is 0. The standard InChI is InChI=1S/C29H36N6O2/c1-20-12-25(13-23(19-36)32-20)34-11-5-6-24(16-34)33(3)17-26-18-35(15-21(2)37-26)28-9-8-22(14-30)29-27(28)7-4-10-31-29/h4,7-10,12-13,21,24,26,36H,5-6,11,15-19H2,1-3H3. The van der Waals surface area contributed by atoms with E-state index < -0.39 is 0 Å². The van der Waals surface area contributed by atoms with Crippen molar-refractivity contribution in [2.75, 3.05) is 49.6 Å². The number of hydrogen-bond acceptors (Lipinski definition) is 8. The summed E-state index contributed by atoms with van der Waals surface area (Å²) < 4.78 is 6.41. The molecule has 2 aliphatic rings. The van der Waals surface area contributed by atoms with Gasteiger partial charge in [-0.3, -0.25) is 14.9 Å². The van der Waals surface area contributed by atoms with E-state index in [1.54, 1.807) is 6.20 Å². The molecule has 37 heavy (non-hydrogen) atoms. The molecule has 0 bridgehead atoms. The van der Waals surface area contributed by atoms with Gasteiger partial charge >= 0.3 is 0 Å². The number of aliphatic hydroxyl groups is 1. The molecule has 3 unspecified atom stereocenters. The third kappa shape index (κ3) is 5.54. The number of hydrogen-bond donors (Lipinski definition) is 1. The van der Waals surface area contributed by atoms with Crippen LogP contribution in [0.4, 0.5) is 11.4 Å². The zero-order valence-electron chi connectivity index (χ0n) is 22.0. The number of fused-ring (bicyclic) bond motifs is 1. The van der Waals surface area contributed by atoms with Crippen molar-refractivity contribution in [1.29, 1.82) is 5.26 Å². The predicted octanol–water partition coefficient (Wildman–Crippen LogP) is 3.50. The molecule has 4 heterocycles. The summed E-state index contributed by atoms with van der Waals surface area (Å²) in [7, 11) is 2.21. The lowest BCUT2D eigenvalue weighted by molar-refractivity contribution is -0.0346. The Morgan fingerprint density at radius 1 is 1.19 bits per heavy atom. The quantitative estimate of drug-likeness (QED) is 0.550. The van der Waals surface area contributed by atoms with E-state index in [9.17, 15) is 10.4 Å². The number of morpholine rings is 1. The number of nitrogens with zero attached hydrogens (tertiary/aromatic N) is 6. The van der Waals surface area contributed by atoms with Crippen molar-refractivity contribution < 1.29 is 9.84 Å². The number of aromatic nitrogens is 2. The minimum absolute atomic E-state index is 0.0376. The Kier molecular flexibility index (Phi) is 7.56. The molecule has 5 rings (SSSR count). The van der Waals surface area contributed by atoms with Gasteiger partial charge in [-0.05, 0) is 70.1 Å². The summed E-state index contributed by atoms with van der Waals surface area (Å²) in [6.07, 6.45) is 4.22. The van der Waals surface area contributed by atoms with E-state index in [4.69, 9.17) is 4.74 Å². The van der Waals surface area contributed by atoms with Crippen molar-refractivity contribution in [2.45, 2.75) is 51.5 Å². The van der Waals surface area contributed by atoms with Crippen molar-refractivity contribution in [3.05, 3.63) is 59.5 Å². The van der Waals surface area contributed by atoms with Gasteiger partial charge in [0.15, 0.2) is 0 Å². The highest BCUT2D eigenvalue weighted by molar-refractivity contribution is 5.95. The zero-order chi connectivity index (χ0) is 25.9. The minimum atomic E-state index is -0.0376. The van der Waals surface area contributed by atoms with E-state index in [1.807, 2.05) is 25.1 Å². The molecule has 0 radical (unpaired) electrons. The van der Waals surface area contributed by atoms with Gasteiger partial charge in [0.25, 0.3) is 0 Å². The average molecular weight is 501 g/mol. The number of pyridine rings is 2. The van der Waals surface area contributed by atoms with Crippen molar-refractivity contribution in [3.8, 4) is 6.07 Å². The highest BCUT2D eigenvalue weighted by atomic mass is 16.5. The van der Waals surface area contributed by atoms with Gasteiger partial charge in [-0.1, -0.05) is 0 Å². The number of ether oxygens (including phenoxy) is 1. The Bertz CT molecular complexity index is 1290. The predicted molar refractivity (Wildman–Crippen MR) is 146 cm³/mol. The number of likely N-dealkylation sites (N-methyl/N-ethyl adjacent to an activating group) is 1. The van der Waals surface area contributed by atoms with Crippen LogP contribution in [0.25, 0.3) is 10.9 Å². The average Bonchev–Trinajstić information content (AvgIpc) is 2.91. The smallest absolute Gasteiger partial charge is 0.101 e. The van der Waals surface area contributed by atoms with E-state index in [-0.39, 0.29) is 18.8 Å². The lowest BCUT2D eigenvalue weighted by atomic mass is 10.0. The maximum atomic E-state index is 9.59. The fraction of sp³-hybridized carbons (Fsp3) is 0.483. The molecule has 8 nitrogen and oxygen atoms in total. The normalized spacial score (nSPS) is 22.4. The minimum Gasteiger partial charge on any atom is -0.390 e. The van der Waals surface area contributed by atoms with E-state index in [2.05, 4.69) is 62.9 Å². The van der Waals surface area contributed by atoms with Gasteiger partial charge in [0.1, 0.15) is 6.07 Å². The third-order valence-electron chi connectivity index (χ3n) is 7.56. The van der Waals surface area contributed by atoms with E-state index in [0.29, 0.717) is 11.6 Å². The van der Waals surface area contributed by atoms with E-state index >= 15 is 0 Å². The first-order valence-electron chi connectivity index (χ1n) is 13.2. The van der Waals surface area contributed by atoms with Crippen LogP contribution in [0.2, 0.25) is 0 Å².